The Bertz CT molecular complexity index is 739. The van der Waals surface area contributed by atoms with Crippen LogP contribution < -0.4 is 4.74 Å². The van der Waals surface area contributed by atoms with Crippen LogP contribution in [0.1, 0.15) is 5.56 Å². The Kier molecular flexibility index (Phi) is 5.28. The SMILES string of the molecule is COc1ccc2ccccc2c1/C=N/OCC(=O)N1CCOCC1. The molecule has 0 bridgehead atoms. The van der Waals surface area contributed by atoms with Gasteiger partial charge in [-0.3, -0.25) is 4.79 Å². The minimum absolute atomic E-state index is 0.0798. The number of benzene rings is 2. The van der Waals surface area contributed by atoms with Gasteiger partial charge >= 0.3 is 0 Å². The molecule has 3 rings (SSSR count). The normalized spacial score (nSPS) is 15.0. The second kappa shape index (κ2) is 7.79. The summed E-state index contributed by atoms with van der Waals surface area (Å²) in [5.41, 5.74) is 0.828. The lowest BCUT2D eigenvalue weighted by atomic mass is 10.0. The number of carbonyl (C=O) groups is 1. The van der Waals surface area contributed by atoms with Crippen molar-refractivity contribution in [2.45, 2.75) is 0 Å². The third-order valence-electron chi connectivity index (χ3n) is 3.96. The molecule has 126 valence electrons. The molecular weight excluding hydrogens is 308 g/mol. The number of nitrogens with zero attached hydrogens (tertiary/aromatic N) is 2. The number of hydrogen-bond donors (Lipinski definition) is 0. The smallest absolute Gasteiger partial charge is 0.263 e. The van der Waals surface area contributed by atoms with Gasteiger partial charge in [-0.15, -0.1) is 0 Å². The van der Waals surface area contributed by atoms with Crippen molar-refractivity contribution in [2.75, 3.05) is 40.0 Å². The van der Waals surface area contributed by atoms with Crippen LogP contribution in [-0.4, -0.2) is 57.0 Å². The molecule has 1 fully saturated rings. The summed E-state index contributed by atoms with van der Waals surface area (Å²) < 4.78 is 10.6. The molecule has 1 heterocycles. The van der Waals surface area contributed by atoms with Gasteiger partial charge in [0.15, 0.2) is 6.61 Å². The van der Waals surface area contributed by atoms with Crippen LogP contribution >= 0.6 is 0 Å². The highest BCUT2D eigenvalue weighted by Gasteiger charge is 2.16. The molecule has 2 aromatic carbocycles. The number of oxime groups is 1. The molecule has 1 aliphatic rings. The van der Waals surface area contributed by atoms with E-state index in [2.05, 4.69) is 5.16 Å². The molecule has 6 heteroatoms. The Morgan fingerprint density at radius 2 is 2.04 bits per heavy atom. The first-order valence-electron chi connectivity index (χ1n) is 7.86. The van der Waals surface area contributed by atoms with E-state index >= 15 is 0 Å². The number of fused-ring (bicyclic) bond motifs is 1. The van der Waals surface area contributed by atoms with Crippen LogP contribution in [-0.2, 0) is 14.4 Å². The van der Waals surface area contributed by atoms with E-state index in [1.165, 1.54) is 0 Å². The van der Waals surface area contributed by atoms with Crippen molar-refractivity contribution in [3.05, 3.63) is 42.0 Å². The number of ether oxygens (including phenoxy) is 2. The lowest BCUT2D eigenvalue weighted by Gasteiger charge is -2.26. The minimum Gasteiger partial charge on any atom is -0.496 e. The van der Waals surface area contributed by atoms with E-state index in [1.54, 1.807) is 18.2 Å². The topological polar surface area (TPSA) is 60.4 Å². The largest absolute Gasteiger partial charge is 0.496 e. The van der Waals surface area contributed by atoms with Gasteiger partial charge in [0.25, 0.3) is 5.91 Å². The third kappa shape index (κ3) is 3.65. The van der Waals surface area contributed by atoms with Gasteiger partial charge in [-0.2, -0.15) is 0 Å². The molecule has 0 radical (unpaired) electrons. The molecular formula is C18H20N2O4. The number of hydrogen-bond acceptors (Lipinski definition) is 5. The van der Waals surface area contributed by atoms with Gasteiger partial charge in [0.2, 0.25) is 0 Å². The van der Waals surface area contributed by atoms with Gasteiger partial charge in [-0.05, 0) is 16.8 Å². The van der Waals surface area contributed by atoms with Gasteiger partial charge in [0.1, 0.15) is 5.75 Å². The van der Waals surface area contributed by atoms with Crippen molar-refractivity contribution in [1.82, 2.24) is 4.90 Å². The molecule has 0 unspecified atom stereocenters. The Morgan fingerprint density at radius 1 is 1.25 bits per heavy atom. The summed E-state index contributed by atoms with van der Waals surface area (Å²) in [6.07, 6.45) is 1.59. The lowest BCUT2D eigenvalue weighted by molar-refractivity contribution is -0.140. The van der Waals surface area contributed by atoms with E-state index in [4.69, 9.17) is 14.3 Å². The Balaban J connectivity index is 1.68. The summed E-state index contributed by atoms with van der Waals surface area (Å²) >= 11 is 0. The van der Waals surface area contributed by atoms with Crippen LogP contribution in [0, 0.1) is 0 Å². The Labute approximate surface area is 140 Å². The highest BCUT2D eigenvalue weighted by Crippen LogP contribution is 2.26. The van der Waals surface area contributed by atoms with Gasteiger partial charge in [-0.25, -0.2) is 0 Å². The Morgan fingerprint density at radius 3 is 2.83 bits per heavy atom. The summed E-state index contributed by atoms with van der Waals surface area (Å²) in [7, 11) is 1.62. The first-order valence-corrected chi connectivity index (χ1v) is 7.86. The number of morpholine rings is 1. The molecule has 0 spiro atoms. The van der Waals surface area contributed by atoms with Crippen LogP contribution in [0.5, 0.6) is 5.75 Å². The van der Waals surface area contributed by atoms with Crippen LogP contribution in [0.2, 0.25) is 0 Å². The molecule has 24 heavy (non-hydrogen) atoms. The molecule has 1 saturated heterocycles. The predicted octanol–water partition coefficient (Wildman–Crippen LogP) is 2.06. The number of methoxy groups -OCH3 is 1. The first-order chi connectivity index (χ1) is 11.8. The van der Waals surface area contributed by atoms with E-state index < -0.39 is 0 Å². The molecule has 1 aliphatic heterocycles. The van der Waals surface area contributed by atoms with E-state index in [0.717, 1.165) is 16.3 Å². The summed E-state index contributed by atoms with van der Waals surface area (Å²) in [6.45, 7) is 2.26. The van der Waals surface area contributed by atoms with Crippen LogP contribution in [0.25, 0.3) is 10.8 Å². The van der Waals surface area contributed by atoms with Crippen LogP contribution in [0.3, 0.4) is 0 Å². The maximum atomic E-state index is 12.0. The fraction of sp³-hybridized carbons (Fsp3) is 0.333. The zero-order valence-corrected chi connectivity index (χ0v) is 13.6. The number of carbonyl (C=O) groups excluding carboxylic acids is 1. The maximum absolute atomic E-state index is 12.0. The molecule has 2 aromatic rings. The average Bonchev–Trinajstić information content (AvgIpc) is 2.65. The average molecular weight is 328 g/mol. The van der Waals surface area contributed by atoms with Crippen molar-refractivity contribution in [1.29, 1.82) is 0 Å². The van der Waals surface area contributed by atoms with Crippen molar-refractivity contribution in [2.24, 2.45) is 5.16 Å². The van der Waals surface area contributed by atoms with Crippen molar-refractivity contribution in [3.8, 4) is 5.75 Å². The molecule has 0 atom stereocenters. The van der Waals surface area contributed by atoms with Crippen LogP contribution in [0.4, 0.5) is 0 Å². The maximum Gasteiger partial charge on any atom is 0.263 e. The third-order valence-corrected chi connectivity index (χ3v) is 3.96. The predicted molar refractivity (Wildman–Crippen MR) is 91.4 cm³/mol. The molecule has 1 amide bonds. The summed E-state index contributed by atoms with van der Waals surface area (Å²) in [5, 5.41) is 6.06. The summed E-state index contributed by atoms with van der Waals surface area (Å²) in [5.74, 6) is 0.626. The van der Waals surface area contributed by atoms with E-state index in [-0.39, 0.29) is 12.5 Å². The lowest BCUT2D eigenvalue weighted by Crippen LogP contribution is -2.42. The molecule has 0 aliphatic carbocycles. The van der Waals surface area contributed by atoms with Crippen LogP contribution in [0.15, 0.2) is 41.6 Å². The van der Waals surface area contributed by atoms with E-state index in [1.807, 2.05) is 36.4 Å². The van der Waals surface area contributed by atoms with Gasteiger partial charge in [0, 0.05) is 18.7 Å². The number of rotatable bonds is 5. The molecule has 0 N–H and O–H groups in total. The zero-order valence-electron chi connectivity index (χ0n) is 13.6. The fourth-order valence-electron chi connectivity index (χ4n) is 2.67. The van der Waals surface area contributed by atoms with Gasteiger partial charge in [-0.1, -0.05) is 35.5 Å². The standard InChI is InChI=1S/C18H20N2O4/c1-22-17-7-6-14-4-2-3-5-15(14)16(17)12-19-24-13-18(21)20-8-10-23-11-9-20/h2-7,12H,8-11,13H2,1H3/b19-12+. The summed E-state index contributed by atoms with van der Waals surface area (Å²) in [4.78, 5) is 18.9. The highest BCUT2D eigenvalue weighted by molar-refractivity contribution is 6.02. The second-order valence-corrected chi connectivity index (χ2v) is 5.40. The quantitative estimate of drug-likeness (QED) is 0.623. The van der Waals surface area contributed by atoms with Gasteiger partial charge < -0.3 is 19.2 Å². The number of amides is 1. The highest BCUT2D eigenvalue weighted by atomic mass is 16.6. The molecule has 6 nitrogen and oxygen atoms in total. The molecule has 0 saturated carbocycles. The fourth-order valence-corrected chi connectivity index (χ4v) is 2.67. The second-order valence-electron chi connectivity index (χ2n) is 5.40. The van der Waals surface area contributed by atoms with Crippen molar-refractivity contribution in [3.63, 3.8) is 0 Å². The van der Waals surface area contributed by atoms with E-state index in [0.29, 0.717) is 32.1 Å². The molecule has 0 aromatic heterocycles. The first kappa shape index (κ1) is 16.3. The monoisotopic (exact) mass is 328 g/mol. The zero-order chi connectivity index (χ0) is 16.8. The van der Waals surface area contributed by atoms with Crippen molar-refractivity contribution >= 4 is 22.9 Å². The van der Waals surface area contributed by atoms with E-state index in [9.17, 15) is 4.79 Å². The van der Waals surface area contributed by atoms with Gasteiger partial charge in [0.05, 0.1) is 26.5 Å². The Hall–Kier alpha value is -2.60. The summed E-state index contributed by atoms with van der Waals surface area (Å²) in [6, 6.07) is 11.8. The minimum atomic E-state index is -0.0830. The van der Waals surface area contributed by atoms with Crippen molar-refractivity contribution < 1.29 is 19.1 Å².